The molecule has 0 spiro atoms. The van der Waals surface area contributed by atoms with E-state index in [1.165, 1.54) is 16.5 Å². The van der Waals surface area contributed by atoms with Gasteiger partial charge in [-0.1, -0.05) is 218 Å². The number of fused-ring (bicyclic) bond motifs is 2. The van der Waals surface area contributed by atoms with E-state index in [4.69, 9.17) is 24.9 Å². The molecule has 11 rings (SSSR count). The summed E-state index contributed by atoms with van der Waals surface area (Å²) < 4.78 is 0. The van der Waals surface area contributed by atoms with E-state index in [1.54, 1.807) is 0 Å². The first-order chi connectivity index (χ1) is 30.7. The summed E-state index contributed by atoms with van der Waals surface area (Å²) in [7, 11) is 0. The van der Waals surface area contributed by atoms with Crippen LogP contribution in [0, 0.1) is 0 Å². The molecule has 0 bridgehead atoms. The Kier molecular flexibility index (Phi) is 9.45. The van der Waals surface area contributed by atoms with Crippen molar-refractivity contribution in [3.8, 4) is 90.3 Å². The molecule has 5 heteroatoms. The van der Waals surface area contributed by atoms with Gasteiger partial charge in [0.1, 0.15) is 0 Å². The second-order valence-electron chi connectivity index (χ2n) is 15.2. The molecule has 0 unspecified atom stereocenters. The fourth-order valence-electron chi connectivity index (χ4n) is 8.35. The van der Waals surface area contributed by atoms with E-state index in [0.717, 1.165) is 72.1 Å². The van der Waals surface area contributed by atoms with Crippen molar-refractivity contribution < 1.29 is 0 Å². The first-order valence-corrected chi connectivity index (χ1v) is 20.8. The average Bonchev–Trinajstić information content (AvgIpc) is 3.36. The molecule has 0 aliphatic rings. The summed E-state index contributed by atoms with van der Waals surface area (Å²) in [5.41, 5.74) is 12.0. The number of rotatable bonds is 8. The predicted octanol–water partition coefficient (Wildman–Crippen LogP) is 14.3. The van der Waals surface area contributed by atoms with E-state index >= 15 is 0 Å². The molecule has 0 aliphatic carbocycles. The Hall–Kier alpha value is -8.41. The zero-order chi connectivity index (χ0) is 41.2. The Morgan fingerprint density at radius 3 is 1.15 bits per heavy atom. The van der Waals surface area contributed by atoms with Gasteiger partial charge in [0, 0.05) is 33.4 Å². The van der Waals surface area contributed by atoms with Crippen LogP contribution < -0.4 is 0 Å². The van der Waals surface area contributed by atoms with Gasteiger partial charge in [-0.25, -0.2) is 24.9 Å². The number of hydrogen-bond acceptors (Lipinski definition) is 5. The molecule has 0 fully saturated rings. The Balaban J connectivity index is 1.08. The third kappa shape index (κ3) is 6.97. The Labute approximate surface area is 359 Å². The van der Waals surface area contributed by atoms with Crippen molar-refractivity contribution in [2.75, 3.05) is 0 Å². The normalized spacial score (nSPS) is 11.2. The lowest BCUT2D eigenvalue weighted by Crippen LogP contribution is -2.00. The van der Waals surface area contributed by atoms with E-state index in [0.29, 0.717) is 23.3 Å². The van der Waals surface area contributed by atoms with Gasteiger partial charge in [0.25, 0.3) is 0 Å². The van der Waals surface area contributed by atoms with E-state index in [2.05, 4.69) is 146 Å². The van der Waals surface area contributed by atoms with Crippen LogP contribution >= 0.6 is 0 Å². The fourth-order valence-corrected chi connectivity index (χ4v) is 8.35. The van der Waals surface area contributed by atoms with Crippen LogP contribution in [0.25, 0.3) is 112 Å². The highest BCUT2D eigenvalue weighted by atomic mass is 15.0. The van der Waals surface area contributed by atoms with Crippen molar-refractivity contribution >= 4 is 21.5 Å². The lowest BCUT2D eigenvalue weighted by molar-refractivity contribution is 1.07. The van der Waals surface area contributed by atoms with E-state index in [1.807, 2.05) is 78.9 Å². The molecule has 0 N–H and O–H groups in total. The average molecular weight is 792 g/mol. The highest BCUT2D eigenvalue weighted by Gasteiger charge is 2.19. The predicted molar refractivity (Wildman–Crippen MR) is 254 cm³/mol. The molecule has 11 aromatic rings. The highest BCUT2D eigenvalue weighted by molar-refractivity contribution is 6.06. The van der Waals surface area contributed by atoms with Gasteiger partial charge in [-0.05, 0) is 49.9 Å². The van der Waals surface area contributed by atoms with E-state index < -0.39 is 0 Å². The maximum atomic E-state index is 5.34. The SMILES string of the molecule is c1ccc(-c2nc(-c3ccc4ccccc4c3-c3ccc(-c4nc(-c5ccccc5)nc(-c5ccccc5)n4)cc3)cc(-c3ccc(-c4ccccc4)c4ccccc34)n2)cc1. The molecule has 0 amide bonds. The molecule has 0 radical (unpaired) electrons. The van der Waals surface area contributed by atoms with Crippen molar-refractivity contribution in [1.82, 2.24) is 24.9 Å². The van der Waals surface area contributed by atoms with Gasteiger partial charge in [0.15, 0.2) is 23.3 Å². The highest BCUT2D eigenvalue weighted by Crippen LogP contribution is 2.41. The van der Waals surface area contributed by atoms with Gasteiger partial charge < -0.3 is 0 Å². The third-order valence-corrected chi connectivity index (χ3v) is 11.4. The molecule has 9 aromatic carbocycles. The maximum absolute atomic E-state index is 5.34. The monoisotopic (exact) mass is 791 g/mol. The molecular weight excluding hydrogens is 755 g/mol. The number of benzene rings is 9. The van der Waals surface area contributed by atoms with Crippen LogP contribution in [-0.2, 0) is 0 Å². The van der Waals surface area contributed by atoms with Crippen LogP contribution in [0.4, 0.5) is 0 Å². The standard InChI is InChI=1S/C57H37N5/c1-5-17-38(18-6-1)45-35-36-49(48-28-16-15-27-47(45)48)51-37-52(59-54(58-51)41-20-7-2-8-21-41)50-34-33-39-19-13-14-26-46(39)53(50)40-29-31-44(32-30-40)57-61-55(42-22-9-3-10-23-42)60-56(62-57)43-24-11-4-12-25-43/h1-37H. The van der Waals surface area contributed by atoms with Crippen molar-refractivity contribution in [3.63, 3.8) is 0 Å². The Bertz CT molecular complexity index is 3310. The second-order valence-corrected chi connectivity index (χ2v) is 15.2. The molecule has 0 saturated carbocycles. The Morgan fingerprint density at radius 2 is 0.597 bits per heavy atom. The molecular formula is C57H37N5. The molecule has 62 heavy (non-hydrogen) atoms. The van der Waals surface area contributed by atoms with Crippen LogP contribution in [0.1, 0.15) is 0 Å². The van der Waals surface area contributed by atoms with Crippen molar-refractivity contribution in [2.45, 2.75) is 0 Å². The summed E-state index contributed by atoms with van der Waals surface area (Å²) in [5.74, 6) is 2.54. The molecule has 290 valence electrons. The van der Waals surface area contributed by atoms with Gasteiger partial charge in [0.05, 0.1) is 11.4 Å². The summed E-state index contributed by atoms with van der Waals surface area (Å²) in [6.45, 7) is 0. The first kappa shape index (κ1) is 36.7. The van der Waals surface area contributed by atoms with E-state index in [9.17, 15) is 0 Å². The summed E-state index contributed by atoms with van der Waals surface area (Å²) >= 11 is 0. The number of hydrogen-bond donors (Lipinski definition) is 0. The summed E-state index contributed by atoms with van der Waals surface area (Å²) in [5, 5.41) is 4.59. The molecule has 0 aliphatic heterocycles. The molecule has 2 aromatic heterocycles. The summed E-state index contributed by atoms with van der Waals surface area (Å²) in [4.78, 5) is 25.5. The largest absolute Gasteiger partial charge is 0.228 e. The topological polar surface area (TPSA) is 64.5 Å². The van der Waals surface area contributed by atoms with Gasteiger partial charge in [-0.2, -0.15) is 0 Å². The van der Waals surface area contributed by atoms with Crippen LogP contribution in [-0.4, -0.2) is 24.9 Å². The minimum atomic E-state index is 0.612. The molecule has 5 nitrogen and oxygen atoms in total. The summed E-state index contributed by atoms with van der Waals surface area (Å²) in [6.07, 6.45) is 0. The number of nitrogens with zero attached hydrogens (tertiary/aromatic N) is 5. The minimum Gasteiger partial charge on any atom is -0.228 e. The van der Waals surface area contributed by atoms with Crippen molar-refractivity contribution in [3.05, 3.63) is 224 Å². The molecule has 0 saturated heterocycles. The molecule has 0 atom stereocenters. The third-order valence-electron chi connectivity index (χ3n) is 11.4. The van der Waals surface area contributed by atoms with Crippen molar-refractivity contribution in [2.24, 2.45) is 0 Å². The van der Waals surface area contributed by atoms with Gasteiger partial charge in [-0.15, -0.1) is 0 Å². The molecule has 2 heterocycles. The summed E-state index contributed by atoms with van der Waals surface area (Å²) in [6, 6.07) is 77.7. The van der Waals surface area contributed by atoms with E-state index in [-0.39, 0.29) is 0 Å². The zero-order valence-electron chi connectivity index (χ0n) is 33.6. The van der Waals surface area contributed by atoms with Crippen LogP contribution in [0.3, 0.4) is 0 Å². The lowest BCUT2D eigenvalue weighted by Gasteiger charge is -2.17. The lowest BCUT2D eigenvalue weighted by atomic mass is 9.90. The van der Waals surface area contributed by atoms with Crippen LogP contribution in [0.15, 0.2) is 224 Å². The smallest absolute Gasteiger partial charge is 0.164 e. The van der Waals surface area contributed by atoms with Gasteiger partial charge >= 0.3 is 0 Å². The van der Waals surface area contributed by atoms with Crippen LogP contribution in [0.5, 0.6) is 0 Å². The minimum absolute atomic E-state index is 0.612. The van der Waals surface area contributed by atoms with Gasteiger partial charge in [0.2, 0.25) is 0 Å². The second kappa shape index (κ2) is 16.0. The number of aromatic nitrogens is 5. The van der Waals surface area contributed by atoms with Crippen molar-refractivity contribution in [1.29, 1.82) is 0 Å². The fraction of sp³-hybridized carbons (Fsp3) is 0. The maximum Gasteiger partial charge on any atom is 0.164 e. The zero-order valence-corrected chi connectivity index (χ0v) is 33.6. The Morgan fingerprint density at radius 1 is 0.226 bits per heavy atom. The van der Waals surface area contributed by atoms with Crippen LogP contribution in [0.2, 0.25) is 0 Å². The quantitative estimate of drug-likeness (QED) is 0.153. The first-order valence-electron chi connectivity index (χ1n) is 20.8. The van der Waals surface area contributed by atoms with Gasteiger partial charge in [-0.3, -0.25) is 0 Å².